The number of nitrogens with zero attached hydrogens (tertiary/aromatic N) is 3. The summed E-state index contributed by atoms with van der Waals surface area (Å²) in [6, 6.07) is 55.3. The number of hydrogen-bond acceptors (Lipinski definition) is 3. The van der Waals surface area contributed by atoms with Crippen LogP contribution in [0.1, 0.15) is 56.3 Å². The molecule has 0 aliphatic heterocycles. The molecule has 1 aromatic heterocycles. The second kappa shape index (κ2) is 12.6. The quantitative estimate of drug-likeness (QED) is 0.180. The van der Waals surface area contributed by atoms with E-state index >= 15 is 0 Å². The summed E-state index contributed by atoms with van der Waals surface area (Å²) in [5, 5.41) is 5.10. The number of aromatic nitrogens is 3. The highest BCUT2D eigenvalue weighted by Crippen LogP contribution is 2.57. The minimum Gasteiger partial charge on any atom is -0.208 e. The third-order valence-corrected chi connectivity index (χ3v) is 11.7. The zero-order chi connectivity index (χ0) is 36.5. The van der Waals surface area contributed by atoms with E-state index in [4.69, 9.17) is 15.0 Å². The van der Waals surface area contributed by atoms with Crippen molar-refractivity contribution in [3.63, 3.8) is 0 Å². The van der Waals surface area contributed by atoms with Gasteiger partial charge < -0.3 is 0 Å². The van der Waals surface area contributed by atoms with Crippen LogP contribution in [0, 0.1) is 27.7 Å². The maximum atomic E-state index is 5.33. The van der Waals surface area contributed by atoms with Crippen LogP contribution in [0.2, 0.25) is 0 Å². The molecule has 2 aliphatic rings. The lowest BCUT2D eigenvalue weighted by Crippen LogP contribution is -2.38. The molecule has 3 heteroatoms. The highest BCUT2D eigenvalue weighted by molar-refractivity contribution is 6.05. The van der Waals surface area contributed by atoms with Crippen LogP contribution in [0.5, 0.6) is 0 Å². The van der Waals surface area contributed by atoms with Crippen molar-refractivity contribution in [1.29, 1.82) is 0 Å². The van der Waals surface area contributed by atoms with Gasteiger partial charge in [0.15, 0.2) is 17.5 Å². The Morgan fingerprint density at radius 3 is 1.30 bits per heavy atom. The van der Waals surface area contributed by atoms with E-state index < -0.39 is 0 Å². The minimum absolute atomic E-state index is 0.139. The maximum Gasteiger partial charge on any atom is 0.164 e. The van der Waals surface area contributed by atoms with Crippen LogP contribution >= 0.6 is 0 Å². The molecule has 10 rings (SSSR count). The molecule has 2 unspecified atom stereocenters. The molecule has 54 heavy (non-hydrogen) atoms. The SMILES string of the molecule is Cc1cccc(C)c1-c1nc(-c2c(C)cccc2C)nc(-c2ccc3c4c(cccc24)C2C(c4ccccc4)=c4ccccc4=C(c4ccccc4)C32)n1. The molecule has 7 aromatic carbocycles. The van der Waals surface area contributed by atoms with Gasteiger partial charge in [-0.05, 0) is 105 Å². The molecule has 0 fully saturated rings. The molecule has 0 saturated carbocycles. The van der Waals surface area contributed by atoms with Gasteiger partial charge in [-0.25, -0.2) is 15.0 Å². The van der Waals surface area contributed by atoms with Crippen molar-refractivity contribution in [2.45, 2.75) is 39.5 Å². The largest absolute Gasteiger partial charge is 0.208 e. The zero-order valence-electron chi connectivity index (χ0n) is 30.9. The molecule has 258 valence electrons. The molecule has 0 bridgehead atoms. The first kappa shape index (κ1) is 32.2. The Kier molecular flexibility index (Phi) is 7.52. The fraction of sp³-hybridized carbons (Fsp3) is 0.118. The van der Waals surface area contributed by atoms with E-state index in [9.17, 15) is 0 Å². The fourth-order valence-corrected chi connectivity index (χ4v) is 9.43. The Hall–Kier alpha value is -6.45. The van der Waals surface area contributed by atoms with Crippen LogP contribution in [-0.4, -0.2) is 15.0 Å². The topological polar surface area (TPSA) is 38.7 Å². The van der Waals surface area contributed by atoms with Crippen molar-refractivity contribution >= 4 is 21.9 Å². The van der Waals surface area contributed by atoms with Gasteiger partial charge in [0.1, 0.15) is 0 Å². The molecule has 1 heterocycles. The van der Waals surface area contributed by atoms with Gasteiger partial charge in [0.2, 0.25) is 0 Å². The molecule has 0 spiro atoms. The summed E-state index contributed by atoms with van der Waals surface area (Å²) in [6.07, 6.45) is 0. The van der Waals surface area contributed by atoms with E-state index in [1.165, 1.54) is 54.6 Å². The summed E-state index contributed by atoms with van der Waals surface area (Å²) in [5.74, 6) is 2.39. The summed E-state index contributed by atoms with van der Waals surface area (Å²) in [7, 11) is 0. The van der Waals surface area contributed by atoms with Crippen molar-refractivity contribution < 1.29 is 0 Å². The van der Waals surface area contributed by atoms with Crippen molar-refractivity contribution in [3.8, 4) is 34.2 Å². The standard InChI is InChI=1S/C51H39N3/c1-30-16-13-17-31(2)42(30)50-52-49(53-51(54-50)43-32(3)18-14-19-33(43)4)39-28-29-41-46-38(39)26-15-27-40(46)47-44(34-20-7-5-8-21-34)36-24-11-12-25-37(36)45(48(41)47)35-22-9-6-10-23-35/h5-29,47-48H,1-4H3. The van der Waals surface area contributed by atoms with Gasteiger partial charge in [-0.1, -0.05) is 152 Å². The fourth-order valence-electron chi connectivity index (χ4n) is 9.43. The molecule has 0 N–H and O–H groups in total. The number of fused-ring (bicyclic) bond motifs is 4. The van der Waals surface area contributed by atoms with Gasteiger partial charge in [-0.2, -0.15) is 0 Å². The van der Waals surface area contributed by atoms with Gasteiger partial charge in [0.05, 0.1) is 0 Å². The predicted octanol–water partition coefficient (Wildman–Crippen LogP) is 10.6. The zero-order valence-corrected chi connectivity index (χ0v) is 30.9. The second-order valence-electron chi connectivity index (χ2n) is 14.9. The average molecular weight is 694 g/mol. The van der Waals surface area contributed by atoms with E-state index in [0.29, 0.717) is 17.5 Å². The lowest BCUT2D eigenvalue weighted by Gasteiger charge is -2.32. The summed E-state index contributed by atoms with van der Waals surface area (Å²) in [4.78, 5) is 15.9. The third kappa shape index (κ3) is 4.92. The van der Waals surface area contributed by atoms with E-state index in [-0.39, 0.29) is 11.8 Å². The van der Waals surface area contributed by atoms with E-state index in [1.54, 1.807) is 0 Å². The lowest BCUT2D eigenvalue weighted by molar-refractivity contribution is 0.791. The Balaban J connectivity index is 1.28. The van der Waals surface area contributed by atoms with Crippen molar-refractivity contribution in [2.24, 2.45) is 0 Å². The Morgan fingerprint density at radius 2 is 0.796 bits per heavy atom. The van der Waals surface area contributed by atoms with Gasteiger partial charge in [0, 0.05) is 28.5 Å². The van der Waals surface area contributed by atoms with Crippen molar-refractivity contribution in [3.05, 3.63) is 207 Å². The molecule has 3 nitrogen and oxygen atoms in total. The number of benzene rings is 7. The van der Waals surface area contributed by atoms with Crippen LogP contribution in [0.25, 0.3) is 56.1 Å². The van der Waals surface area contributed by atoms with Crippen LogP contribution < -0.4 is 10.4 Å². The van der Waals surface area contributed by atoms with Gasteiger partial charge >= 0.3 is 0 Å². The summed E-state index contributed by atoms with van der Waals surface area (Å²) < 4.78 is 0. The normalized spacial score (nSPS) is 15.7. The van der Waals surface area contributed by atoms with Crippen LogP contribution in [0.3, 0.4) is 0 Å². The highest BCUT2D eigenvalue weighted by Gasteiger charge is 2.42. The monoisotopic (exact) mass is 693 g/mol. The minimum atomic E-state index is 0.139. The number of rotatable bonds is 5. The molecule has 8 aromatic rings. The second-order valence-corrected chi connectivity index (χ2v) is 14.9. The summed E-state index contributed by atoms with van der Waals surface area (Å²) in [5.41, 5.74) is 15.8. The van der Waals surface area contributed by atoms with Gasteiger partial charge in [-0.15, -0.1) is 0 Å². The Morgan fingerprint density at radius 1 is 0.370 bits per heavy atom. The van der Waals surface area contributed by atoms with Crippen molar-refractivity contribution in [2.75, 3.05) is 0 Å². The molecule has 2 aliphatic carbocycles. The summed E-state index contributed by atoms with van der Waals surface area (Å²) in [6.45, 7) is 8.57. The Labute approximate surface area is 316 Å². The number of aryl methyl sites for hydroxylation is 4. The predicted molar refractivity (Wildman–Crippen MR) is 222 cm³/mol. The molecular weight excluding hydrogens is 655 g/mol. The first-order valence-corrected chi connectivity index (χ1v) is 18.9. The third-order valence-electron chi connectivity index (χ3n) is 11.7. The van der Waals surface area contributed by atoms with Crippen LogP contribution in [0.15, 0.2) is 152 Å². The van der Waals surface area contributed by atoms with Gasteiger partial charge in [-0.3, -0.25) is 0 Å². The number of hydrogen-bond donors (Lipinski definition) is 0. The highest BCUT2D eigenvalue weighted by atomic mass is 15.0. The molecule has 0 saturated heterocycles. The average Bonchev–Trinajstić information content (AvgIpc) is 3.52. The van der Waals surface area contributed by atoms with Crippen LogP contribution in [0.4, 0.5) is 0 Å². The molecule has 2 atom stereocenters. The summed E-state index contributed by atoms with van der Waals surface area (Å²) >= 11 is 0. The van der Waals surface area contributed by atoms with Crippen LogP contribution in [-0.2, 0) is 0 Å². The van der Waals surface area contributed by atoms with E-state index in [1.807, 2.05) is 0 Å². The van der Waals surface area contributed by atoms with Crippen molar-refractivity contribution in [1.82, 2.24) is 15.0 Å². The Bertz CT molecular complexity index is 2730. The van der Waals surface area contributed by atoms with Gasteiger partial charge in [0.25, 0.3) is 0 Å². The molecular formula is C51H39N3. The first-order chi connectivity index (χ1) is 26.5. The molecule has 0 amide bonds. The molecule has 0 radical (unpaired) electrons. The first-order valence-electron chi connectivity index (χ1n) is 18.9. The maximum absolute atomic E-state index is 5.33. The van der Waals surface area contributed by atoms with E-state index in [2.05, 4.69) is 179 Å². The smallest absolute Gasteiger partial charge is 0.164 e. The van der Waals surface area contributed by atoms with E-state index in [0.717, 1.165) is 38.9 Å². The lowest BCUT2D eigenvalue weighted by atomic mass is 9.70.